The molecule has 0 amide bonds. The number of halogens is 1. The maximum atomic E-state index is 6.10. The van der Waals surface area contributed by atoms with Crippen LogP contribution in [0.4, 0.5) is 0 Å². The van der Waals surface area contributed by atoms with Gasteiger partial charge in [-0.05, 0) is 30.3 Å². The Labute approximate surface area is 120 Å². The van der Waals surface area contributed by atoms with Gasteiger partial charge in [0.1, 0.15) is 17.2 Å². The predicted octanol–water partition coefficient (Wildman–Crippen LogP) is 5.08. The molecule has 0 atom stereocenters. The van der Waals surface area contributed by atoms with E-state index in [1.54, 1.807) is 6.07 Å². The van der Waals surface area contributed by atoms with Gasteiger partial charge in [-0.25, -0.2) is 4.98 Å². The van der Waals surface area contributed by atoms with Gasteiger partial charge in [-0.3, -0.25) is 0 Å². The first kappa shape index (κ1) is 11.6. The lowest BCUT2D eigenvalue weighted by atomic mass is 10.1. The van der Waals surface area contributed by atoms with Crippen LogP contribution in [0.2, 0.25) is 5.02 Å². The van der Waals surface area contributed by atoms with Gasteiger partial charge in [-0.1, -0.05) is 23.7 Å². The predicted molar refractivity (Wildman–Crippen MR) is 77.2 cm³/mol. The van der Waals surface area contributed by atoms with Crippen LogP contribution in [0.25, 0.3) is 22.6 Å². The molecule has 0 fully saturated rings. The minimum absolute atomic E-state index is 0.623. The van der Waals surface area contributed by atoms with Crippen LogP contribution < -0.4 is 4.74 Å². The molecule has 0 spiro atoms. The lowest BCUT2D eigenvalue weighted by Gasteiger charge is -2.08. The van der Waals surface area contributed by atoms with Crippen LogP contribution >= 0.6 is 11.6 Å². The SMILES string of the molecule is Cc1nc2c(o1)-c1ccccc1Oc1ccc(Cl)cc1-2. The molecule has 0 unspecified atom stereocenters. The average Bonchev–Trinajstić information content (AvgIpc) is 2.78. The highest BCUT2D eigenvalue weighted by atomic mass is 35.5. The van der Waals surface area contributed by atoms with E-state index in [0.717, 1.165) is 34.1 Å². The minimum Gasteiger partial charge on any atom is -0.456 e. The Hall–Kier alpha value is -2.26. The van der Waals surface area contributed by atoms with E-state index in [-0.39, 0.29) is 0 Å². The van der Waals surface area contributed by atoms with Crippen molar-refractivity contribution in [3.63, 3.8) is 0 Å². The van der Waals surface area contributed by atoms with Crippen LogP contribution in [-0.2, 0) is 0 Å². The number of aryl methyl sites for hydroxylation is 1. The van der Waals surface area contributed by atoms with Crippen molar-refractivity contribution in [2.75, 3.05) is 0 Å². The highest BCUT2D eigenvalue weighted by Gasteiger charge is 2.25. The van der Waals surface area contributed by atoms with Crippen LogP contribution in [0.5, 0.6) is 11.5 Å². The van der Waals surface area contributed by atoms with Crippen molar-refractivity contribution in [1.82, 2.24) is 4.98 Å². The third-order valence-electron chi connectivity index (χ3n) is 3.28. The largest absolute Gasteiger partial charge is 0.456 e. The number of nitrogens with zero attached hydrogens (tertiary/aromatic N) is 1. The number of fused-ring (bicyclic) bond motifs is 5. The Bertz CT molecular complexity index is 823. The van der Waals surface area contributed by atoms with Crippen molar-refractivity contribution in [3.05, 3.63) is 53.4 Å². The number of aromatic nitrogens is 1. The number of rotatable bonds is 0. The number of hydrogen-bond donors (Lipinski definition) is 0. The number of para-hydroxylation sites is 1. The summed E-state index contributed by atoms with van der Waals surface area (Å²) >= 11 is 6.10. The van der Waals surface area contributed by atoms with E-state index in [2.05, 4.69) is 4.98 Å². The molecule has 1 aliphatic heterocycles. The van der Waals surface area contributed by atoms with E-state index < -0.39 is 0 Å². The quantitative estimate of drug-likeness (QED) is 0.451. The van der Waals surface area contributed by atoms with E-state index in [9.17, 15) is 0 Å². The smallest absolute Gasteiger partial charge is 0.192 e. The highest BCUT2D eigenvalue weighted by Crippen LogP contribution is 2.46. The van der Waals surface area contributed by atoms with Crippen molar-refractivity contribution in [3.8, 4) is 34.1 Å². The molecule has 0 N–H and O–H groups in total. The molecule has 0 saturated carbocycles. The molecule has 98 valence electrons. The Morgan fingerprint density at radius 1 is 1.00 bits per heavy atom. The summed E-state index contributed by atoms with van der Waals surface area (Å²) in [5.74, 6) is 2.83. The molecule has 4 heteroatoms. The first-order valence-corrected chi connectivity index (χ1v) is 6.65. The van der Waals surface area contributed by atoms with Gasteiger partial charge >= 0.3 is 0 Å². The molecular weight excluding hydrogens is 274 g/mol. The second-order valence-electron chi connectivity index (χ2n) is 4.65. The van der Waals surface area contributed by atoms with Crippen LogP contribution in [0.15, 0.2) is 46.9 Å². The molecule has 3 aromatic rings. The monoisotopic (exact) mass is 283 g/mol. The van der Waals surface area contributed by atoms with E-state index in [4.69, 9.17) is 20.8 Å². The molecule has 0 bridgehead atoms. The zero-order valence-electron chi connectivity index (χ0n) is 10.7. The van der Waals surface area contributed by atoms with Crippen LogP contribution in [0.1, 0.15) is 5.89 Å². The minimum atomic E-state index is 0.623. The summed E-state index contributed by atoms with van der Waals surface area (Å²) in [5.41, 5.74) is 2.51. The van der Waals surface area contributed by atoms with Gasteiger partial charge in [0.25, 0.3) is 0 Å². The summed E-state index contributed by atoms with van der Waals surface area (Å²) in [6.45, 7) is 1.84. The van der Waals surface area contributed by atoms with E-state index in [1.807, 2.05) is 43.3 Å². The van der Waals surface area contributed by atoms with Crippen molar-refractivity contribution in [1.29, 1.82) is 0 Å². The van der Waals surface area contributed by atoms with Gasteiger partial charge in [0, 0.05) is 17.5 Å². The fourth-order valence-corrected chi connectivity index (χ4v) is 2.60. The van der Waals surface area contributed by atoms with E-state index >= 15 is 0 Å². The lowest BCUT2D eigenvalue weighted by Crippen LogP contribution is -1.86. The maximum absolute atomic E-state index is 6.10. The zero-order chi connectivity index (χ0) is 13.7. The van der Waals surface area contributed by atoms with Crippen LogP contribution in [0, 0.1) is 6.92 Å². The van der Waals surface area contributed by atoms with Gasteiger partial charge < -0.3 is 9.15 Å². The fourth-order valence-electron chi connectivity index (χ4n) is 2.43. The van der Waals surface area contributed by atoms with Crippen LogP contribution in [-0.4, -0.2) is 4.98 Å². The first-order chi connectivity index (χ1) is 9.72. The topological polar surface area (TPSA) is 35.3 Å². The van der Waals surface area contributed by atoms with Gasteiger partial charge in [0.2, 0.25) is 0 Å². The molecule has 20 heavy (non-hydrogen) atoms. The molecule has 2 aromatic carbocycles. The highest BCUT2D eigenvalue weighted by molar-refractivity contribution is 6.31. The fraction of sp³-hybridized carbons (Fsp3) is 0.0625. The molecular formula is C16H10ClNO2. The normalized spacial score (nSPS) is 11.9. The third kappa shape index (κ3) is 1.63. The first-order valence-electron chi connectivity index (χ1n) is 6.27. The summed E-state index contributed by atoms with van der Waals surface area (Å²) in [5, 5.41) is 0.643. The summed E-state index contributed by atoms with van der Waals surface area (Å²) in [6.07, 6.45) is 0. The Kier molecular flexibility index (Phi) is 2.38. The van der Waals surface area contributed by atoms with Gasteiger partial charge in [0.15, 0.2) is 11.7 Å². The van der Waals surface area contributed by atoms with Gasteiger partial charge in [0.05, 0.1) is 5.56 Å². The summed E-state index contributed by atoms with van der Waals surface area (Å²) in [6, 6.07) is 13.3. The molecule has 3 nitrogen and oxygen atoms in total. The number of ether oxygens (including phenoxy) is 1. The molecule has 0 aliphatic carbocycles. The Balaban J connectivity index is 2.11. The van der Waals surface area contributed by atoms with Gasteiger partial charge in [-0.15, -0.1) is 0 Å². The van der Waals surface area contributed by atoms with Crippen LogP contribution in [0.3, 0.4) is 0 Å². The second-order valence-corrected chi connectivity index (χ2v) is 5.09. The van der Waals surface area contributed by atoms with Crippen molar-refractivity contribution < 1.29 is 9.15 Å². The molecule has 0 radical (unpaired) electrons. The van der Waals surface area contributed by atoms with E-state index in [0.29, 0.717) is 10.9 Å². The van der Waals surface area contributed by atoms with E-state index in [1.165, 1.54) is 0 Å². The molecule has 4 rings (SSSR count). The van der Waals surface area contributed by atoms with Gasteiger partial charge in [-0.2, -0.15) is 0 Å². The molecule has 2 heterocycles. The number of hydrogen-bond acceptors (Lipinski definition) is 3. The van der Waals surface area contributed by atoms with Crippen molar-refractivity contribution >= 4 is 11.6 Å². The molecule has 0 saturated heterocycles. The maximum Gasteiger partial charge on any atom is 0.192 e. The molecule has 1 aliphatic rings. The van der Waals surface area contributed by atoms with Crippen molar-refractivity contribution in [2.24, 2.45) is 0 Å². The van der Waals surface area contributed by atoms with Crippen molar-refractivity contribution in [2.45, 2.75) is 6.92 Å². The summed E-state index contributed by atoms with van der Waals surface area (Å²) < 4.78 is 11.8. The zero-order valence-corrected chi connectivity index (χ0v) is 11.4. The second kappa shape index (κ2) is 4.12. The Morgan fingerprint density at radius 3 is 2.70 bits per heavy atom. The lowest BCUT2D eigenvalue weighted by molar-refractivity contribution is 0.482. The standard InChI is InChI=1S/C16H10ClNO2/c1-9-18-15-12-8-10(17)6-7-14(12)20-13-5-3-2-4-11(13)16(15)19-9/h2-8H,1H3. The number of benzene rings is 2. The number of oxazole rings is 1. The third-order valence-corrected chi connectivity index (χ3v) is 3.52. The summed E-state index contributed by atoms with van der Waals surface area (Å²) in [4.78, 5) is 4.49. The average molecular weight is 284 g/mol. The Morgan fingerprint density at radius 2 is 1.80 bits per heavy atom. The molecule has 1 aromatic heterocycles. The summed E-state index contributed by atoms with van der Waals surface area (Å²) in [7, 11) is 0.